The molecule has 0 unspecified atom stereocenters. The molecule has 0 atom stereocenters. The van der Waals surface area contributed by atoms with Gasteiger partial charge in [0.2, 0.25) is 0 Å². The van der Waals surface area contributed by atoms with Crippen LogP contribution in [0.3, 0.4) is 0 Å². The first-order valence-electron chi connectivity index (χ1n) is 12.6. The van der Waals surface area contributed by atoms with E-state index in [9.17, 15) is 10.1 Å². The molecule has 1 heterocycles. The summed E-state index contributed by atoms with van der Waals surface area (Å²) in [6, 6.07) is 7.25. The van der Waals surface area contributed by atoms with Gasteiger partial charge in [0.25, 0.3) is 0 Å². The molecular formula is C27H42ClN2O4+. The van der Waals surface area contributed by atoms with Gasteiger partial charge in [0, 0.05) is 5.02 Å². The fourth-order valence-corrected chi connectivity index (χ4v) is 4.35. The van der Waals surface area contributed by atoms with Crippen LogP contribution in [0, 0.1) is 17.0 Å². The van der Waals surface area contributed by atoms with Crippen LogP contribution in [0.5, 0.6) is 5.75 Å². The highest BCUT2D eigenvalue weighted by Gasteiger charge is 2.20. The van der Waals surface area contributed by atoms with Gasteiger partial charge in [-0.05, 0) is 61.4 Å². The lowest BCUT2D eigenvalue weighted by atomic mass is 10.0. The maximum Gasteiger partial charge on any atom is 0.433 e. The third-order valence-corrected chi connectivity index (χ3v) is 6.65. The van der Waals surface area contributed by atoms with E-state index >= 15 is 0 Å². The number of rotatable bonds is 16. The van der Waals surface area contributed by atoms with Gasteiger partial charge in [-0.25, -0.2) is 0 Å². The summed E-state index contributed by atoms with van der Waals surface area (Å²) < 4.78 is 12.2. The summed E-state index contributed by atoms with van der Waals surface area (Å²) in [6.45, 7) is 8.82. The number of quaternary nitrogens is 1. The Balaban J connectivity index is 1.52. The molecule has 0 bridgehead atoms. The number of unbranched alkanes of at least 4 members (excludes halogenated alkanes) is 7. The van der Waals surface area contributed by atoms with E-state index in [-0.39, 0.29) is 5.88 Å². The van der Waals surface area contributed by atoms with Gasteiger partial charge in [-0.2, -0.15) is 0 Å². The van der Waals surface area contributed by atoms with Crippen LogP contribution >= 0.6 is 11.6 Å². The first kappa shape index (κ1) is 28.2. The molecule has 7 heteroatoms. The summed E-state index contributed by atoms with van der Waals surface area (Å²) in [5, 5.41) is 11.6. The molecule has 0 fully saturated rings. The topological polar surface area (TPSA) is 65.5 Å². The minimum Gasteiger partial charge on any atom is -0.493 e. The normalized spacial score (nSPS) is 11.9. The van der Waals surface area contributed by atoms with E-state index in [4.69, 9.17) is 20.8 Å². The summed E-state index contributed by atoms with van der Waals surface area (Å²) in [5.74, 6) is 1.86. The lowest BCUT2D eigenvalue weighted by Gasteiger charge is -2.28. The van der Waals surface area contributed by atoms with Crippen molar-refractivity contribution in [1.82, 2.24) is 0 Å². The molecule has 1 aromatic heterocycles. The monoisotopic (exact) mass is 493 g/mol. The van der Waals surface area contributed by atoms with Gasteiger partial charge in [-0.3, -0.25) is 10.1 Å². The van der Waals surface area contributed by atoms with Gasteiger partial charge in [0.15, 0.2) is 5.76 Å². The molecule has 0 aliphatic carbocycles. The van der Waals surface area contributed by atoms with Crippen LogP contribution in [-0.2, 0) is 6.54 Å². The van der Waals surface area contributed by atoms with Crippen molar-refractivity contribution in [3.63, 3.8) is 0 Å². The smallest absolute Gasteiger partial charge is 0.433 e. The number of aryl methyl sites for hydroxylation is 1. The SMILES string of the molecule is Cc1cc(OCCCCCCCCCC[N+](C)(C)Cc2ccc([N+](=O)[O-])o2)c(C(C)C)cc1Cl. The van der Waals surface area contributed by atoms with Crippen molar-refractivity contribution in [3.05, 3.63) is 56.3 Å². The van der Waals surface area contributed by atoms with E-state index in [2.05, 4.69) is 34.0 Å². The standard InChI is InChI=1S/C27H42ClN2O4/c1-21(2)24-19-25(28)22(3)18-26(24)33-17-13-11-9-7-6-8-10-12-16-30(4,5)20-23-14-15-27(34-23)29(31)32/h14-15,18-19,21H,6-13,16-17,20H2,1-5H3/q+1. The number of nitrogens with zero attached hydrogens (tertiary/aromatic N) is 2. The molecule has 0 aliphatic heterocycles. The Morgan fingerprint density at radius 1 is 1.03 bits per heavy atom. The van der Waals surface area contributed by atoms with Crippen molar-refractivity contribution >= 4 is 17.5 Å². The van der Waals surface area contributed by atoms with Crippen molar-refractivity contribution in [3.8, 4) is 5.75 Å². The maximum absolute atomic E-state index is 10.8. The number of nitro groups is 1. The first-order chi connectivity index (χ1) is 16.1. The van der Waals surface area contributed by atoms with Crippen LogP contribution < -0.4 is 4.74 Å². The quantitative estimate of drug-likeness (QED) is 0.103. The Morgan fingerprint density at radius 3 is 2.24 bits per heavy atom. The molecule has 0 amide bonds. The van der Waals surface area contributed by atoms with Crippen LogP contribution in [0.25, 0.3) is 0 Å². The average molecular weight is 494 g/mol. The van der Waals surface area contributed by atoms with Crippen molar-refractivity contribution < 1.29 is 18.6 Å². The van der Waals surface area contributed by atoms with Gasteiger partial charge < -0.3 is 13.6 Å². The van der Waals surface area contributed by atoms with Gasteiger partial charge in [-0.1, -0.05) is 57.6 Å². The fourth-order valence-electron chi connectivity index (χ4n) is 4.18. The van der Waals surface area contributed by atoms with Crippen molar-refractivity contribution in [2.75, 3.05) is 27.2 Å². The molecule has 190 valence electrons. The molecule has 0 saturated carbocycles. The average Bonchev–Trinajstić information content (AvgIpc) is 3.22. The maximum atomic E-state index is 10.8. The largest absolute Gasteiger partial charge is 0.493 e. The summed E-state index contributed by atoms with van der Waals surface area (Å²) in [6.07, 6.45) is 9.69. The number of halogens is 1. The molecule has 34 heavy (non-hydrogen) atoms. The summed E-state index contributed by atoms with van der Waals surface area (Å²) in [5.41, 5.74) is 2.25. The van der Waals surface area contributed by atoms with E-state index in [1.807, 2.05) is 13.0 Å². The molecule has 0 saturated heterocycles. The van der Waals surface area contributed by atoms with Gasteiger partial charge in [0.1, 0.15) is 17.2 Å². The Kier molecular flexibility index (Phi) is 11.4. The van der Waals surface area contributed by atoms with Gasteiger partial charge in [-0.15, -0.1) is 0 Å². The minimum atomic E-state index is -0.486. The van der Waals surface area contributed by atoms with Crippen molar-refractivity contribution in [1.29, 1.82) is 0 Å². The predicted molar refractivity (Wildman–Crippen MR) is 139 cm³/mol. The minimum absolute atomic E-state index is 0.179. The van der Waals surface area contributed by atoms with E-state index < -0.39 is 4.92 Å². The predicted octanol–water partition coefficient (Wildman–Crippen LogP) is 8.05. The Bertz CT molecular complexity index is 908. The second-order valence-corrected chi connectivity index (χ2v) is 10.7. The Labute approximate surface area is 210 Å². The number of hydrogen-bond acceptors (Lipinski definition) is 4. The lowest BCUT2D eigenvalue weighted by molar-refractivity contribution is -0.904. The van der Waals surface area contributed by atoms with Gasteiger partial charge in [0.05, 0.1) is 33.3 Å². The molecular weight excluding hydrogens is 452 g/mol. The molecule has 0 spiro atoms. The van der Waals surface area contributed by atoms with Crippen LogP contribution in [0.2, 0.25) is 5.02 Å². The summed E-state index contributed by atoms with van der Waals surface area (Å²) in [7, 11) is 4.29. The molecule has 2 aromatic rings. The molecule has 2 rings (SSSR count). The lowest BCUT2D eigenvalue weighted by Crippen LogP contribution is -2.39. The zero-order valence-electron chi connectivity index (χ0n) is 21.6. The zero-order chi connectivity index (χ0) is 25.1. The third kappa shape index (κ3) is 9.67. The zero-order valence-corrected chi connectivity index (χ0v) is 22.3. The van der Waals surface area contributed by atoms with Gasteiger partial charge >= 0.3 is 5.88 Å². The highest BCUT2D eigenvalue weighted by Crippen LogP contribution is 2.32. The van der Waals surface area contributed by atoms with E-state index in [1.165, 1.54) is 50.2 Å². The molecule has 1 aromatic carbocycles. The number of hydrogen-bond donors (Lipinski definition) is 0. The van der Waals surface area contributed by atoms with Crippen LogP contribution in [0.15, 0.2) is 28.7 Å². The second kappa shape index (κ2) is 13.7. The van der Waals surface area contributed by atoms with Crippen molar-refractivity contribution in [2.24, 2.45) is 0 Å². The number of ether oxygens (including phenoxy) is 1. The molecule has 0 aliphatic rings. The summed E-state index contributed by atoms with van der Waals surface area (Å²) in [4.78, 5) is 10.3. The number of benzene rings is 1. The Morgan fingerprint density at radius 2 is 1.65 bits per heavy atom. The molecule has 0 N–H and O–H groups in total. The van der Waals surface area contributed by atoms with E-state index in [1.54, 1.807) is 6.07 Å². The fraction of sp³-hybridized carbons (Fsp3) is 0.630. The molecule has 0 radical (unpaired) electrons. The summed E-state index contributed by atoms with van der Waals surface area (Å²) >= 11 is 6.28. The third-order valence-electron chi connectivity index (χ3n) is 6.24. The highest BCUT2D eigenvalue weighted by molar-refractivity contribution is 6.31. The highest BCUT2D eigenvalue weighted by atomic mass is 35.5. The van der Waals surface area contributed by atoms with Crippen LogP contribution in [0.1, 0.15) is 88.0 Å². The van der Waals surface area contributed by atoms with Crippen molar-refractivity contribution in [2.45, 2.75) is 84.6 Å². The van der Waals surface area contributed by atoms with E-state index in [0.29, 0.717) is 18.2 Å². The second-order valence-electron chi connectivity index (χ2n) is 10.3. The Hall–Kier alpha value is -2.05. The van der Waals surface area contributed by atoms with Crippen LogP contribution in [0.4, 0.5) is 5.88 Å². The van der Waals surface area contributed by atoms with E-state index in [0.717, 1.165) is 46.8 Å². The number of furan rings is 1. The molecule has 6 nitrogen and oxygen atoms in total. The first-order valence-corrected chi connectivity index (χ1v) is 12.9. The van der Waals surface area contributed by atoms with Crippen LogP contribution in [-0.4, -0.2) is 36.7 Å².